The van der Waals surface area contributed by atoms with Gasteiger partial charge in [0.1, 0.15) is 0 Å². The fraction of sp³-hybridized carbons (Fsp3) is 1.00. The number of hydrogen-bond donors (Lipinski definition) is 1. The first-order chi connectivity index (χ1) is 8.88. The van der Waals surface area contributed by atoms with Crippen molar-refractivity contribution in [1.82, 2.24) is 10.2 Å². The number of unbranched alkanes of at least 4 members (excludes halogenated alkanes) is 2. The lowest BCUT2D eigenvalue weighted by molar-refractivity contribution is 0.161. The molecule has 1 aliphatic carbocycles. The van der Waals surface area contributed by atoms with Crippen LogP contribution in [-0.4, -0.2) is 36.6 Å². The SMILES string of the molecule is CC1CCCC(N(C)CCCCCNC(C)(C)C)C1. The van der Waals surface area contributed by atoms with Gasteiger partial charge in [0.05, 0.1) is 0 Å². The Bertz CT molecular complexity index is 232. The second-order valence-corrected chi connectivity index (χ2v) is 7.64. The first kappa shape index (κ1) is 17.0. The molecule has 2 unspecified atom stereocenters. The van der Waals surface area contributed by atoms with Gasteiger partial charge in [-0.1, -0.05) is 26.2 Å². The molecule has 1 fully saturated rings. The lowest BCUT2D eigenvalue weighted by atomic mass is 9.86. The molecule has 0 radical (unpaired) electrons. The van der Waals surface area contributed by atoms with Gasteiger partial charge >= 0.3 is 0 Å². The average molecular weight is 268 g/mol. The highest BCUT2D eigenvalue weighted by Crippen LogP contribution is 2.26. The molecule has 2 heteroatoms. The fourth-order valence-electron chi connectivity index (χ4n) is 3.11. The molecule has 1 saturated carbocycles. The predicted octanol–water partition coefficient (Wildman–Crippen LogP) is 4.06. The van der Waals surface area contributed by atoms with E-state index in [1.807, 2.05) is 0 Å². The largest absolute Gasteiger partial charge is 0.312 e. The van der Waals surface area contributed by atoms with E-state index in [9.17, 15) is 0 Å². The summed E-state index contributed by atoms with van der Waals surface area (Å²) < 4.78 is 0. The third-order valence-electron chi connectivity index (χ3n) is 4.37. The Kier molecular flexibility index (Phi) is 7.38. The molecule has 0 aromatic carbocycles. The molecule has 2 atom stereocenters. The highest BCUT2D eigenvalue weighted by Gasteiger charge is 2.21. The van der Waals surface area contributed by atoms with E-state index in [0.29, 0.717) is 0 Å². The van der Waals surface area contributed by atoms with Crippen molar-refractivity contribution in [2.75, 3.05) is 20.1 Å². The predicted molar refractivity (Wildman–Crippen MR) is 85.7 cm³/mol. The van der Waals surface area contributed by atoms with Crippen molar-refractivity contribution < 1.29 is 0 Å². The lowest BCUT2D eigenvalue weighted by Crippen LogP contribution is -2.37. The van der Waals surface area contributed by atoms with E-state index in [2.05, 4.69) is 45.0 Å². The molecule has 0 aromatic heterocycles. The summed E-state index contributed by atoms with van der Waals surface area (Å²) in [6.07, 6.45) is 9.75. The van der Waals surface area contributed by atoms with E-state index in [0.717, 1.165) is 18.5 Å². The van der Waals surface area contributed by atoms with Gasteiger partial charge in [0.15, 0.2) is 0 Å². The van der Waals surface area contributed by atoms with Crippen LogP contribution in [0.1, 0.15) is 72.6 Å². The third kappa shape index (κ3) is 7.94. The third-order valence-corrected chi connectivity index (χ3v) is 4.37. The highest BCUT2D eigenvalue weighted by atomic mass is 15.1. The van der Waals surface area contributed by atoms with Crippen LogP contribution in [0, 0.1) is 5.92 Å². The molecule has 0 spiro atoms. The fourth-order valence-corrected chi connectivity index (χ4v) is 3.11. The quantitative estimate of drug-likeness (QED) is 0.701. The van der Waals surface area contributed by atoms with Crippen molar-refractivity contribution in [3.05, 3.63) is 0 Å². The van der Waals surface area contributed by atoms with Crippen molar-refractivity contribution in [3.8, 4) is 0 Å². The minimum atomic E-state index is 0.273. The zero-order chi connectivity index (χ0) is 14.3. The summed E-state index contributed by atoms with van der Waals surface area (Å²) in [6.45, 7) is 11.6. The topological polar surface area (TPSA) is 15.3 Å². The second kappa shape index (κ2) is 8.26. The molecule has 0 aromatic rings. The van der Waals surface area contributed by atoms with Gasteiger partial charge in [-0.3, -0.25) is 0 Å². The minimum absolute atomic E-state index is 0.273. The van der Waals surface area contributed by atoms with Crippen LogP contribution < -0.4 is 5.32 Å². The van der Waals surface area contributed by atoms with Crippen LogP contribution in [0.5, 0.6) is 0 Å². The van der Waals surface area contributed by atoms with Crippen LogP contribution in [0.4, 0.5) is 0 Å². The molecule has 1 aliphatic rings. The van der Waals surface area contributed by atoms with Crippen molar-refractivity contribution in [1.29, 1.82) is 0 Å². The molecule has 1 rings (SSSR count). The summed E-state index contributed by atoms with van der Waals surface area (Å²) in [5.74, 6) is 0.942. The van der Waals surface area contributed by atoms with Crippen LogP contribution in [0.2, 0.25) is 0 Å². The van der Waals surface area contributed by atoms with Gasteiger partial charge in [0.2, 0.25) is 0 Å². The molecule has 0 amide bonds. The van der Waals surface area contributed by atoms with Gasteiger partial charge in [0, 0.05) is 11.6 Å². The zero-order valence-corrected chi connectivity index (χ0v) is 14.0. The maximum absolute atomic E-state index is 3.57. The van der Waals surface area contributed by atoms with Crippen LogP contribution in [0.25, 0.3) is 0 Å². The summed E-state index contributed by atoms with van der Waals surface area (Å²) in [4.78, 5) is 2.62. The van der Waals surface area contributed by atoms with E-state index in [-0.39, 0.29) is 5.54 Å². The number of hydrogen-bond acceptors (Lipinski definition) is 2. The Balaban J connectivity index is 2.02. The Morgan fingerprint density at radius 3 is 2.47 bits per heavy atom. The van der Waals surface area contributed by atoms with Gasteiger partial charge < -0.3 is 10.2 Å². The van der Waals surface area contributed by atoms with E-state index in [1.54, 1.807) is 0 Å². The van der Waals surface area contributed by atoms with Crippen molar-refractivity contribution in [3.63, 3.8) is 0 Å². The molecule has 19 heavy (non-hydrogen) atoms. The Morgan fingerprint density at radius 2 is 1.84 bits per heavy atom. The highest BCUT2D eigenvalue weighted by molar-refractivity contribution is 4.77. The summed E-state index contributed by atoms with van der Waals surface area (Å²) in [5, 5.41) is 3.57. The zero-order valence-electron chi connectivity index (χ0n) is 14.0. The lowest BCUT2D eigenvalue weighted by Gasteiger charge is -2.34. The van der Waals surface area contributed by atoms with Crippen molar-refractivity contribution in [2.24, 2.45) is 5.92 Å². The molecule has 1 N–H and O–H groups in total. The van der Waals surface area contributed by atoms with E-state index >= 15 is 0 Å². The van der Waals surface area contributed by atoms with Gasteiger partial charge in [0.25, 0.3) is 0 Å². The monoisotopic (exact) mass is 268 g/mol. The smallest absolute Gasteiger partial charge is 0.00965 e. The summed E-state index contributed by atoms with van der Waals surface area (Å²) >= 11 is 0. The normalized spacial score (nSPS) is 24.9. The van der Waals surface area contributed by atoms with E-state index in [4.69, 9.17) is 0 Å². The van der Waals surface area contributed by atoms with Crippen molar-refractivity contribution in [2.45, 2.75) is 84.2 Å². The van der Waals surface area contributed by atoms with Crippen LogP contribution in [-0.2, 0) is 0 Å². The van der Waals surface area contributed by atoms with Crippen molar-refractivity contribution >= 4 is 0 Å². The Morgan fingerprint density at radius 1 is 1.11 bits per heavy atom. The average Bonchev–Trinajstić information content (AvgIpc) is 2.32. The van der Waals surface area contributed by atoms with Gasteiger partial charge in [-0.25, -0.2) is 0 Å². The molecule has 0 bridgehead atoms. The van der Waals surface area contributed by atoms with Crippen LogP contribution >= 0.6 is 0 Å². The summed E-state index contributed by atoms with van der Waals surface area (Å²) in [5.41, 5.74) is 0.273. The molecule has 2 nitrogen and oxygen atoms in total. The molecular formula is C17H36N2. The second-order valence-electron chi connectivity index (χ2n) is 7.64. The van der Waals surface area contributed by atoms with Gasteiger partial charge in [-0.2, -0.15) is 0 Å². The van der Waals surface area contributed by atoms with E-state index in [1.165, 1.54) is 51.5 Å². The van der Waals surface area contributed by atoms with Gasteiger partial charge in [-0.15, -0.1) is 0 Å². The molecule has 0 heterocycles. The number of rotatable bonds is 7. The first-order valence-corrected chi connectivity index (χ1v) is 8.34. The van der Waals surface area contributed by atoms with E-state index < -0.39 is 0 Å². The molecule has 114 valence electrons. The molecule has 0 saturated heterocycles. The summed E-state index contributed by atoms with van der Waals surface area (Å²) in [7, 11) is 2.33. The molecule has 0 aliphatic heterocycles. The number of nitrogens with one attached hydrogen (secondary N) is 1. The molecular weight excluding hydrogens is 232 g/mol. The standard InChI is InChI=1S/C17H36N2/c1-15-10-9-11-16(14-15)19(5)13-8-6-7-12-18-17(2,3)4/h15-16,18H,6-14H2,1-5H3. The first-order valence-electron chi connectivity index (χ1n) is 8.34. The maximum Gasteiger partial charge on any atom is 0.00965 e. The number of nitrogens with zero attached hydrogens (tertiary/aromatic N) is 1. The minimum Gasteiger partial charge on any atom is -0.312 e. The summed E-state index contributed by atoms with van der Waals surface area (Å²) in [6, 6.07) is 0.858. The Hall–Kier alpha value is -0.0800. The van der Waals surface area contributed by atoms with Gasteiger partial charge in [-0.05, 0) is 72.5 Å². The maximum atomic E-state index is 3.57. The Labute approximate surface area is 121 Å². The van der Waals surface area contributed by atoms with Crippen LogP contribution in [0.3, 0.4) is 0 Å². The van der Waals surface area contributed by atoms with Crippen LogP contribution in [0.15, 0.2) is 0 Å².